The van der Waals surface area contributed by atoms with Crippen molar-refractivity contribution in [3.8, 4) is 0 Å². The predicted molar refractivity (Wildman–Crippen MR) is 67.1 cm³/mol. The van der Waals surface area contributed by atoms with E-state index in [9.17, 15) is 31.1 Å². The van der Waals surface area contributed by atoms with Crippen molar-refractivity contribution in [1.82, 2.24) is 0 Å². The first-order valence-electron chi connectivity index (χ1n) is 6.08. The number of β-amino-alcohol motifs (C(OH)–C–C–N with tert-alkyl or cyclic N) is 1. The van der Waals surface area contributed by atoms with Crippen molar-refractivity contribution in [3.63, 3.8) is 0 Å². The van der Waals surface area contributed by atoms with Crippen molar-refractivity contribution in [3.05, 3.63) is 24.0 Å². The molecule has 0 unspecified atom stereocenters. The van der Waals surface area contributed by atoms with Crippen LogP contribution in [0.5, 0.6) is 0 Å². The zero-order valence-corrected chi connectivity index (χ0v) is 11.8. The molecule has 9 heteroatoms. The number of rotatable bonds is 3. The quantitative estimate of drug-likeness (QED) is 0.864. The largest absolute Gasteiger partial charge is 0.501 e. The maximum Gasteiger partial charge on any atom is 0.501 e. The number of hydrogen-bond donors (Lipinski definition) is 1. The first-order valence-corrected chi connectivity index (χ1v) is 7.57. The summed E-state index contributed by atoms with van der Waals surface area (Å²) in [7, 11) is -5.66. The van der Waals surface area contributed by atoms with Gasteiger partial charge in [0, 0.05) is 13.1 Å². The molecule has 1 heterocycles. The van der Waals surface area contributed by atoms with E-state index in [1.807, 2.05) is 0 Å². The molecule has 0 aromatic heterocycles. The Kier molecular flexibility index (Phi) is 3.69. The molecule has 1 saturated heterocycles. The number of sulfone groups is 1. The van der Waals surface area contributed by atoms with Gasteiger partial charge in [-0.1, -0.05) is 6.92 Å². The average molecular weight is 327 g/mol. The number of hydrogen-bond acceptors (Lipinski definition) is 4. The monoisotopic (exact) mass is 327 g/mol. The highest BCUT2D eigenvalue weighted by Crippen LogP contribution is 2.39. The van der Waals surface area contributed by atoms with Crippen LogP contribution in [-0.2, 0) is 9.84 Å². The van der Waals surface area contributed by atoms with E-state index < -0.39 is 31.7 Å². The smallest absolute Gasteiger partial charge is 0.386 e. The SMILES string of the molecule is CCC1(O)CN(c2ccc(F)cc2S(=O)(=O)C(F)(F)F)C1. The molecule has 1 aliphatic heterocycles. The second-order valence-electron chi connectivity index (χ2n) is 5.00. The number of anilines is 1. The van der Waals surface area contributed by atoms with E-state index in [4.69, 9.17) is 0 Å². The average Bonchev–Trinajstić information content (AvgIpc) is 2.34. The van der Waals surface area contributed by atoms with E-state index in [1.54, 1.807) is 6.92 Å². The topological polar surface area (TPSA) is 57.6 Å². The van der Waals surface area contributed by atoms with Gasteiger partial charge in [0.05, 0.1) is 11.3 Å². The molecule has 0 bridgehead atoms. The molecule has 118 valence electrons. The molecular formula is C12H13F4NO3S. The summed E-state index contributed by atoms with van der Waals surface area (Å²) in [4.78, 5) is 0.148. The minimum Gasteiger partial charge on any atom is -0.386 e. The Morgan fingerprint density at radius 1 is 1.33 bits per heavy atom. The van der Waals surface area contributed by atoms with Gasteiger partial charge in [-0.15, -0.1) is 0 Å². The molecule has 0 spiro atoms. The Balaban J connectivity index is 2.46. The summed E-state index contributed by atoms with van der Waals surface area (Å²) >= 11 is 0. The van der Waals surface area contributed by atoms with E-state index in [2.05, 4.69) is 0 Å². The van der Waals surface area contributed by atoms with Gasteiger partial charge in [-0.05, 0) is 24.6 Å². The number of nitrogens with zero attached hydrogens (tertiary/aromatic N) is 1. The maximum atomic E-state index is 13.2. The molecule has 0 amide bonds. The molecule has 2 rings (SSSR count). The second kappa shape index (κ2) is 4.84. The van der Waals surface area contributed by atoms with Crippen LogP contribution >= 0.6 is 0 Å². The fourth-order valence-corrected chi connectivity index (χ4v) is 3.14. The fourth-order valence-electron chi connectivity index (χ4n) is 2.15. The first-order chi connectivity index (χ1) is 9.50. The Hall–Kier alpha value is -1.35. The van der Waals surface area contributed by atoms with Crippen LogP contribution in [0.15, 0.2) is 23.1 Å². The van der Waals surface area contributed by atoms with Crippen LogP contribution in [0.4, 0.5) is 23.2 Å². The lowest BCUT2D eigenvalue weighted by Crippen LogP contribution is -2.62. The first kappa shape index (κ1) is 16.0. The maximum absolute atomic E-state index is 13.2. The summed E-state index contributed by atoms with van der Waals surface area (Å²) < 4.78 is 74.2. The minimum atomic E-state index is -5.66. The van der Waals surface area contributed by atoms with E-state index in [1.165, 1.54) is 4.90 Å². The summed E-state index contributed by atoms with van der Waals surface area (Å²) in [6.07, 6.45) is 0.381. The van der Waals surface area contributed by atoms with Crippen LogP contribution in [0, 0.1) is 5.82 Å². The molecule has 1 aromatic rings. The third-order valence-corrected chi connectivity index (χ3v) is 5.00. The molecule has 1 aliphatic rings. The van der Waals surface area contributed by atoms with Crippen molar-refractivity contribution >= 4 is 15.5 Å². The van der Waals surface area contributed by atoms with Gasteiger partial charge in [0.2, 0.25) is 0 Å². The molecule has 1 aromatic carbocycles. The zero-order valence-electron chi connectivity index (χ0n) is 11.0. The minimum absolute atomic E-state index is 0.00445. The Morgan fingerprint density at radius 2 is 1.90 bits per heavy atom. The van der Waals surface area contributed by atoms with Gasteiger partial charge in [0.1, 0.15) is 10.7 Å². The lowest BCUT2D eigenvalue weighted by atomic mass is 9.91. The Labute approximate surface area is 118 Å². The third kappa shape index (κ3) is 2.71. The number of benzene rings is 1. The van der Waals surface area contributed by atoms with E-state index in [-0.39, 0.29) is 18.8 Å². The van der Waals surface area contributed by atoms with Gasteiger partial charge in [-0.25, -0.2) is 12.8 Å². The van der Waals surface area contributed by atoms with Crippen LogP contribution < -0.4 is 4.90 Å². The van der Waals surface area contributed by atoms with Gasteiger partial charge in [-0.2, -0.15) is 13.2 Å². The van der Waals surface area contributed by atoms with Crippen LogP contribution in [0.3, 0.4) is 0 Å². The van der Waals surface area contributed by atoms with Gasteiger partial charge in [0.15, 0.2) is 0 Å². The number of halogens is 4. The number of alkyl halides is 3. The normalized spacial score (nSPS) is 18.5. The van der Waals surface area contributed by atoms with Crippen LogP contribution in [0.1, 0.15) is 13.3 Å². The molecule has 1 fully saturated rings. The Morgan fingerprint density at radius 3 is 2.38 bits per heavy atom. The Bertz CT molecular complexity index is 651. The van der Waals surface area contributed by atoms with Crippen LogP contribution in [0.2, 0.25) is 0 Å². The lowest BCUT2D eigenvalue weighted by molar-refractivity contribution is -0.0436. The summed E-state index contributed by atoms with van der Waals surface area (Å²) in [5.41, 5.74) is -6.83. The van der Waals surface area contributed by atoms with Gasteiger partial charge in [-0.3, -0.25) is 0 Å². The molecular weight excluding hydrogens is 314 g/mol. The second-order valence-corrected chi connectivity index (χ2v) is 6.90. The molecule has 0 radical (unpaired) electrons. The van der Waals surface area contributed by atoms with Crippen molar-refractivity contribution < 1.29 is 31.1 Å². The highest BCUT2D eigenvalue weighted by molar-refractivity contribution is 7.92. The van der Waals surface area contributed by atoms with Crippen molar-refractivity contribution in [2.45, 2.75) is 29.3 Å². The van der Waals surface area contributed by atoms with E-state index in [0.717, 1.165) is 12.1 Å². The van der Waals surface area contributed by atoms with Crippen molar-refractivity contribution in [2.24, 2.45) is 0 Å². The van der Waals surface area contributed by atoms with Crippen molar-refractivity contribution in [2.75, 3.05) is 18.0 Å². The van der Waals surface area contributed by atoms with Crippen LogP contribution in [0.25, 0.3) is 0 Å². The molecule has 21 heavy (non-hydrogen) atoms. The molecule has 0 saturated carbocycles. The fraction of sp³-hybridized carbons (Fsp3) is 0.500. The zero-order chi connectivity index (χ0) is 16.1. The molecule has 0 atom stereocenters. The molecule has 1 N–H and O–H groups in total. The molecule has 0 aliphatic carbocycles. The summed E-state index contributed by atoms with van der Waals surface area (Å²) in [6, 6.07) is 2.21. The standard InChI is InChI=1S/C12H13F4NO3S/c1-2-11(18)6-17(7-11)9-4-3-8(13)5-10(9)21(19,20)12(14,15)16/h3-5,18H,2,6-7H2,1H3. The lowest BCUT2D eigenvalue weighted by Gasteiger charge is -2.48. The summed E-state index contributed by atoms with van der Waals surface area (Å²) in [5.74, 6) is -1.08. The summed E-state index contributed by atoms with van der Waals surface area (Å²) in [5, 5.41) is 9.87. The van der Waals surface area contributed by atoms with Gasteiger partial charge < -0.3 is 10.0 Å². The van der Waals surface area contributed by atoms with E-state index >= 15 is 0 Å². The van der Waals surface area contributed by atoms with Crippen molar-refractivity contribution in [1.29, 1.82) is 0 Å². The summed E-state index contributed by atoms with van der Waals surface area (Å²) in [6.45, 7) is 1.69. The highest BCUT2D eigenvalue weighted by Gasteiger charge is 2.50. The van der Waals surface area contributed by atoms with E-state index in [0.29, 0.717) is 12.5 Å². The highest BCUT2D eigenvalue weighted by atomic mass is 32.2. The van der Waals surface area contributed by atoms with Gasteiger partial charge in [0.25, 0.3) is 9.84 Å². The van der Waals surface area contributed by atoms with Gasteiger partial charge >= 0.3 is 5.51 Å². The third-order valence-electron chi connectivity index (χ3n) is 3.49. The number of aliphatic hydroxyl groups is 1. The predicted octanol–water partition coefficient (Wildman–Crippen LogP) is 2.08. The molecule has 4 nitrogen and oxygen atoms in total. The van der Waals surface area contributed by atoms with Crippen LogP contribution in [-0.4, -0.2) is 37.7 Å².